The number of carbonyl (C=O) groups is 1. The van der Waals surface area contributed by atoms with Crippen molar-refractivity contribution in [1.29, 1.82) is 0 Å². The van der Waals surface area contributed by atoms with Crippen molar-refractivity contribution >= 4 is 28.5 Å². The average Bonchev–Trinajstić information content (AvgIpc) is 2.90. The first-order valence-corrected chi connectivity index (χ1v) is 12.2. The number of halogens is 1. The normalized spacial score (nSPS) is 14.8. The van der Waals surface area contributed by atoms with Gasteiger partial charge in [0.05, 0.1) is 20.3 Å². The Kier molecular flexibility index (Phi) is 6.80. The molecule has 1 aliphatic heterocycles. The molecule has 3 aromatic carbocycles. The van der Waals surface area contributed by atoms with Gasteiger partial charge in [-0.2, -0.15) is 0 Å². The number of amides is 1. The molecule has 0 saturated heterocycles. The highest BCUT2D eigenvalue weighted by Gasteiger charge is 2.33. The zero-order valence-electron chi connectivity index (χ0n) is 20.7. The Morgan fingerprint density at radius 1 is 1.05 bits per heavy atom. The lowest BCUT2D eigenvalue weighted by Gasteiger charge is -2.37. The van der Waals surface area contributed by atoms with Gasteiger partial charge < -0.3 is 23.5 Å². The molecule has 1 amide bonds. The summed E-state index contributed by atoms with van der Waals surface area (Å²) in [6, 6.07) is 17.2. The van der Waals surface area contributed by atoms with Crippen molar-refractivity contribution in [2.75, 3.05) is 27.4 Å². The third-order valence-electron chi connectivity index (χ3n) is 6.67. The molecule has 0 aliphatic carbocycles. The van der Waals surface area contributed by atoms with Crippen molar-refractivity contribution < 1.29 is 23.4 Å². The summed E-state index contributed by atoms with van der Waals surface area (Å²) in [6.07, 6.45) is 0.652. The van der Waals surface area contributed by atoms with Gasteiger partial charge in [-0.1, -0.05) is 17.7 Å². The van der Waals surface area contributed by atoms with Gasteiger partial charge in [0.25, 0.3) is 5.91 Å². The summed E-state index contributed by atoms with van der Waals surface area (Å²) in [7, 11) is 3.18. The lowest BCUT2D eigenvalue weighted by molar-refractivity contribution is 0.0589. The molecule has 37 heavy (non-hydrogen) atoms. The van der Waals surface area contributed by atoms with Crippen LogP contribution in [0.2, 0.25) is 5.02 Å². The molecule has 8 heteroatoms. The molecule has 0 N–H and O–H groups in total. The van der Waals surface area contributed by atoms with Crippen LogP contribution in [-0.2, 0) is 6.42 Å². The topological polar surface area (TPSA) is 78.2 Å². The number of ether oxygens (including phenoxy) is 3. The molecule has 0 radical (unpaired) electrons. The first kappa shape index (κ1) is 24.7. The van der Waals surface area contributed by atoms with E-state index in [1.807, 2.05) is 31.2 Å². The molecule has 4 aromatic rings. The molecule has 7 nitrogen and oxygen atoms in total. The molecule has 5 rings (SSSR count). The molecule has 1 aromatic heterocycles. The largest absolute Gasteiger partial charge is 0.493 e. The zero-order valence-corrected chi connectivity index (χ0v) is 21.5. The van der Waals surface area contributed by atoms with Crippen LogP contribution < -0.4 is 19.8 Å². The summed E-state index contributed by atoms with van der Waals surface area (Å²) >= 11 is 6.17. The van der Waals surface area contributed by atoms with Crippen LogP contribution in [0.4, 0.5) is 0 Å². The van der Waals surface area contributed by atoms with E-state index >= 15 is 0 Å². The monoisotopic (exact) mass is 519 g/mol. The quantitative estimate of drug-likeness (QED) is 0.309. The number of hydrogen-bond acceptors (Lipinski definition) is 6. The van der Waals surface area contributed by atoms with Gasteiger partial charge in [-0.25, -0.2) is 4.79 Å². The van der Waals surface area contributed by atoms with Crippen LogP contribution in [0, 0.1) is 6.92 Å². The first-order valence-electron chi connectivity index (χ1n) is 11.9. The maximum atomic E-state index is 13.6. The third-order valence-corrected chi connectivity index (χ3v) is 6.90. The van der Waals surface area contributed by atoms with E-state index in [4.69, 9.17) is 30.2 Å². The molecule has 1 atom stereocenters. The lowest BCUT2D eigenvalue weighted by Crippen LogP contribution is -2.42. The van der Waals surface area contributed by atoms with Crippen molar-refractivity contribution in [1.82, 2.24) is 4.90 Å². The number of carbonyl (C=O) groups excluding carboxylic acids is 1. The maximum Gasteiger partial charge on any atom is 0.336 e. The highest BCUT2D eigenvalue weighted by molar-refractivity contribution is 6.31. The molecule has 1 aliphatic rings. The zero-order chi connectivity index (χ0) is 26.1. The second kappa shape index (κ2) is 10.2. The van der Waals surface area contributed by atoms with Crippen LogP contribution in [0.25, 0.3) is 11.0 Å². The van der Waals surface area contributed by atoms with E-state index in [-0.39, 0.29) is 12.5 Å². The fourth-order valence-electron chi connectivity index (χ4n) is 4.81. The highest BCUT2D eigenvalue weighted by Crippen LogP contribution is 2.39. The molecular weight excluding hydrogens is 494 g/mol. The van der Waals surface area contributed by atoms with Crippen molar-refractivity contribution in [3.63, 3.8) is 0 Å². The second-order valence-electron chi connectivity index (χ2n) is 8.90. The number of aryl methyl sites for hydroxylation is 1. The van der Waals surface area contributed by atoms with Crippen LogP contribution in [0.15, 0.2) is 69.9 Å². The van der Waals surface area contributed by atoms with E-state index in [0.29, 0.717) is 46.4 Å². The van der Waals surface area contributed by atoms with Gasteiger partial charge in [0.15, 0.2) is 11.5 Å². The Hall–Kier alpha value is -3.97. The number of hydrogen-bond donors (Lipinski definition) is 0. The second-order valence-corrected chi connectivity index (χ2v) is 9.33. The molecule has 0 unspecified atom stereocenters. The molecule has 2 heterocycles. The molecule has 190 valence electrons. The van der Waals surface area contributed by atoms with Crippen molar-refractivity contribution in [3.05, 3.63) is 98.4 Å². The smallest absolute Gasteiger partial charge is 0.336 e. The van der Waals surface area contributed by atoms with Crippen LogP contribution in [0.1, 0.15) is 33.1 Å². The summed E-state index contributed by atoms with van der Waals surface area (Å²) < 4.78 is 22.6. The van der Waals surface area contributed by atoms with E-state index in [2.05, 4.69) is 0 Å². The minimum Gasteiger partial charge on any atom is -0.493 e. The van der Waals surface area contributed by atoms with E-state index in [9.17, 15) is 9.59 Å². The number of rotatable bonds is 6. The average molecular weight is 520 g/mol. The van der Waals surface area contributed by atoms with Gasteiger partial charge in [-0.05, 0) is 72.5 Å². The molecule has 0 saturated carbocycles. The Labute approximate surface area is 219 Å². The van der Waals surface area contributed by atoms with Gasteiger partial charge in [-0.3, -0.25) is 4.79 Å². The SMILES string of the molecule is COc1cc2c(cc1OC)[C@H](COc1ccc3c(C)cc(=O)oc3c1)N(C(=O)c1cccc(Cl)c1)CC2. The maximum absolute atomic E-state index is 13.6. The predicted octanol–water partition coefficient (Wildman–Crippen LogP) is 5.59. The summed E-state index contributed by atoms with van der Waals surface area (Å²) in [6.45, 7) is 2.53. The van der Waals surface area contributed by atoms with Gasteiger partial charge >= 0.3 is 5.63 Å². The Morgan fingerprint density at radius 2 is 1.84 bits per heavy atom. The lowest BCUT2D eigenvalue weighted by atomic mass is 9.91. The molecular formula is C29H26ClNO6. The fourth-order valence-corrected chi connectivity index (χ4v) is 5.00. The summed E-state index contributed by atoms with van der Waals surface area (Å²) in [4.78, 5) is 27.3. The Morgan fingerprint density at radius 3 is 2.59 bits per heavy atom. The number of methoxy groups -OCH3 is 2. The molecule has 0 bridgehead atoms. The minimum absolute atomic E-state index is 0.142. The van der Waals surface area contributed by atoms with E-state index < -0.39 is 11.7 Å². The standard InChI is InChI=1S/C29H26ClNO6/c1-17-11-28(32)37-25-14-21(7-8-22(17)25)36-16-24-23-15-27(35-3)26(34-2)13-18(23)9-10-31(24)29(33)19-5-4-6-20(30)12-19/h4-8,11-15,24H,9-10,16H2,1-3H3/t24-/m0/s1. The van der Waals surface area contributed by atoms with Crippen molar-refractivity contribution in [3.8, 4) is 17.2 Å². The van der Waals surface area contributed by atoms with Crippen LogP contribution >= 0.6 is 11.6 Å². The van der Waals surface area contributed by atoms with Gasteiger partial charge in [0.1, 0.15) is 17.9 Å². The van der Waals surface area contributed by atoms with Gasteiger partial charge in [0.2, 0.25) is 0 Å². The van der Waals surface area contributed by atoms with E-state index in [1.165, 1.54) is 6.07 Å². The Bertz CT molecular complexity index is 1550. The van der Waals surface area contributed by atoms with Gasteiger partial charge in [-0.15, -0.1) is 0 Å². The van der Waals surface area contributed by atoms with Crippen LogP contribution in [0.3, 0.4) is 0 Å². The van der Waals surface area contributed by atoms with E-state index in [0.717, 1.165) is 22.1 Å². The highest BCUT2D eigenvalue weighted by atomic mass is 35.5. The third kappa shape index (κ3) is 4.87. The summed E-state index contributed by atoms with van der Waals surface area (Å²) in [5.41, 5.74) is 3.35. The number of benzene rings is 3. The van der Waals surface area contributed by atoms with Crippen molar-refractivity contribution in [2.45, 2.75) is 19.4 Å². The fraction of sp³-hybridized carbons (Fsp3) is 0.241. The molecule has 0 fully saturated rings. The summed E-state index contributed by atoms with van der Waals surface area (Å²) in [5.74, 6) is 1.60. The van der Waals surface area contributed by atoms with Gasteiger partial charge in [0, 0.05) is 34.6 Å². The number of fused-ring (bicyclic) bond motifs is 2. The minimum atomic E-state index is -0.414. The van der Waals surface area contributed by atoms with E-state index in [1.54, 1.807) is 49.5 Å². The first-order chi connectivity index (χ1) is 17.9. The Balaban J connectivity index is 1.52. The van der Waals surface area contributed by atoms with Crippen molar-refractivity contribution in [2.24, 2.45) is 0 Å². The van der Waals surface area contributed by atoms with Crippen LogP contribution in [-0.4, -0.2) is 38.2 Å². The van der Waals surface area contributed by atoms with Crippen LogP contribution in [0.5, 0.6) is 17.2 Å². The summed E-state index contributed by atoms with van der Waals surface area (Å²) in [5, 5.41) is 1.33. The number of nitrogens with zero attached hydrogens (tertiary/aromatic N) is 1. The molecule has 0 spiro atoms. The predicted molar refractivity (Wildman–Crippen MR) is 141 cm³/mol.